The van der Waals surface area contributed by atoms with E-state index < -0.39 is 18.1 Å². The van der Waals surface area contributed by atoms with Crippen LogP contribution in [0.25, 0.3) is 21.9 Å². The van der Waals surface area contributed by atoms with E-state index in [1.54, 1.807) is 29.6 Å². The molecule has 0 amide bonds. The number of carboxylic acid groups (broad SMARTS) is 1. The zero-order chi connectivity index (χ0) is 18.5. The SMILES string of the molecule is O=C([O-])[C@H]1Cc2c([nH]c3ccccc23)[C@@H](c2coc3ccccc3c2=O)[NH2+]1. The number of nitrogens with two attached hydrogens (primary N) is 1. The summed E-state index contributed by atoms with van der Waals surface area (Å²) in [6.07, 6.45) is 1.79. The number of quaternary nitrogens is 1. The summed E-state index contributed by atoms with van der Waals surface area (Å²) in [5.41, 5.74) is 3.46. The molecule has 6 heteroatoms. The smallest absolute Gasteiger partial charge is 0.202 e. The zero-order valence-electron chi connectivity index (χ0n) is 14.3. The van der Waals surface area contributed by atoms with E-state index in [9.17, 15) is 14.7 Å². The van der Waals surface area contributed by atoms with Crippen LogP contribution in [0.4, 0.5) is 0 Å². The summed E-state index contributed by atoms with van der Waals surface area (Å²) in [6.45, 7) is 0. The first-order valence-corrected chi connectivity index (χ1v) is 8.79. The van der Waals surface area contributed by atoms with Crippen molar-refractivity contribution < 1.29 is 19.6 Å². The number of para-hydroxylation sites is 2. The van der Waals surface area contributed by atoms with E-state index in [1.807, 2.05) is 24.3 Å². The number of carbonyl (C=O) groups is 1. The minimum absolute atomic E-state index is 0.151. The summed E-state index contributed by atoms with van der Waals surface area (Å²) >= 11 is 0. The molecule has 0 saturated heterocycles. The number of carbonyl (C=O) groups excluding carboxylic acids is 1. The second-order valence-electron chi connectivity index (χ2n) is 6.88. The van der Waals surface area contributed by atoms with Crippen LogP contribution in [0.1, 0.15) is 22.9 Å². The molecule has 2 atom stereocenters. The van der Waals surface area contributed by atoms with Gasteiger partial charge in [-0.05, 0) is 23.8 Å². The van der Waals surface area contributed by atoms with Gasteiger partial charge in [-0.25, -0.2) is 0 Å². The van der Waals surface area contributed by atoms with E-state index in [2.05, 4.69) is 4.98 Å². The van der Waals surface area contributed by atoms with Gasteiger partial charge in [-0.3, -0.25) is 4.79 Å². The summed E-state index contributed by atoms with van der Waals surface area (Å²) in [5, 5.41) is 14.8. The topological polar surface area (TPSA) is 103 Å². The van der Waals surface area contributed by atoms with Gasteiger partial charge in [0.15, 0.2) is 6.04 Å². The Morgan fingerprint density at radius 1 is 1.11 bits per heavy atom. The summed E-state index contributed by atoms with van der Waals surface area (Å²) < 4.78 is 5.66. The maximum Gasteiger partial charge on any atom is 0.202 e. The van der Waals surface area contributed by atoms with Crippen molar-refractivity contribution >= 4 is 27.8 Å². The molecule has 0 bridgehead atoms. The van der Waals surface area contributed by atoms with Crippen LogP contribution in [0.3, 0.4) is 0 Å². The quantitative estimate of drug-likeness (QED) is 0.546. The molecule has 0 saturated carbocycles. The number of aliphatic carboxylic acids is 1. The Morgan fingerprint density at radius 2 is 1.85 bits per heavy atom. The highest BCUT2D eigenvalue weighted by atomic mass is 16.4. The number of hydrogen-bond acceptors (Lipinski definition) is 4. The fourth-order valence-corrected chi connectivity index (χ4v) is 4.05. The van der Waals surface area contributed by atoms with E-state index in [1.165, 1.54) is 6.26 Å². The number of rotatable bonds is 2. The average molecular weight is 360 g/mol. The maximum atomic E-state index is 13.1. The monoisotopic (exact) mass is 360 g/mol. The lowest BCUT2D eigenvalue weighted by Gasteiger charge is -2.28. The van der Waals surface area contributed by atoms with E-state index in [4.69, 9.17) is 4.42 Å². The molecule has 2 aromatic carbocycles. The maximum absolute atomic E-state index is 13.1. The van der Waals surface area contributed by atoms with Gasteiger partial charge < -0.3 is 24.6 Å². The van der Waals surface area contributed by atoms with E-state index in [0.717, 1.165) is 22.2 Å². The van der Waals surface area contributed by atoms with Crippen molar-refractivity contribution in [1.82, 2.24) is 4.98 Å². The van der Waals surface area contributed by atoms with Gasteiger partial charge in [-0.2, -0.15) is 0 Å². The molecule has 0 radical (unpaired) electrons. The predicted octanol–water partition coefficient (Wildman–Crippen LogP) is 0.602. The van der Waals surface area contributed by atoms with Crippen molar-refractivity contribution in [1.29, 1.82) is 0 Å². The zero-order valence-corrected chi connectivity index (χ0v) is 14.3. The number of hydrogen-bond donors (Lipinski definition) is 2. The molecule has 6 nitrogen and oxygen atoms in total. The normalized spacial score (nSPS) is 19.3. The van der Waals surface area contributed by atoms with Gasteiger partial charge >= 0.3 is 0 Å². The first-order chi connectivity index (χ1) is 13.1. The minimum Gasteiger partial charge on any atom is -0.544 e. The third-order valence-corrected chi connectivity index (χ3v) is 5.35. The van der Waals surface area contributed by atoms with Gasteiger partial charge in [0.2, 0.25) is 5.43 Å². The van der Waals surface area contributed by atoms with Crippen LogP contribution in [0, 0.1) is 0 Å². The summed E-state index contributed by atoms with van der Waals surface area (Å²) in [6, 6.07) is 13.5. The summed E-state index contributed by atoms with van der Waals surface area (Å²) in [7, 11) is 0. The third-order valence-electron chi connectivity index (χ3n) is 5.35. The molecule has 134 valence electrons. The molecule has 0 spiro atoms. The number of aromatic nitrogens is 1. The molecule has 4 aromatic rings. The number of aromatic amines is 1. The van der Waals surface area contributed by atoms with Crippen LogP contribution in [0.2, 0.25) is 0 Å². The van der Waals surface area contributed by atoms with Crippen molar-refractivity contribution in [2.45, 2.75) is 18.5 Å². The standard InChI is InChI=1S/C21H16N2O4/c24-20-12-6-2-4-8-17(12)27-10-14(20)19-18-13(9-16(23-19)21(25)26)11-5-1-3-7-15(11)22-18/h1-8,10,16,19,22-23H,9H2,(H,25,26)/t16-,19-/m1/s1. The molecule has 2 aromatic heterocycles. The van der Waals surface area contributed by atoms with Crippen LogP contribution in [-0.2, 0) is 11.2 Å². The molecule has 0 aliphatic carbocycles. The highest BCUT2D eigenvalue weighted by molar-refractivity contribution is 5.86. The lowest BCUT2D eigenvalue weighted by atomic mass is 9.90. The van der Waals surface area contributed by atoms with Crippen LogP contribution >= 0.6 is 0 Å². The molecular formula is C21H16N2O4. The van der Waals surface area contributed by atoms with E-state index in [0.29, 0.717) is 23.0 Å². The number of H-pyrrole nitrogens is 1. The molecule has 0 unspecified atom stereocenters. The van der Waals surface area contributed by atoms with Crippen molar-refractivity contribution in [3.63, 3.8) is 0 Å². The lowest BCUT2D eigenvalue weighted by Crippen LogP contribution is -2.96. The number of fused-ring (bicyclic) bond motifs is 4. The average Bonchev–Trinajstić information content (AvgIpc) is 3.07. The van der Waals surface area contributed by atoms with Gasteiger partial charge in [0.1, 0.15) is 17.9 Å². The van der Waals surface area contributed by atoms with Crippen LogP contribution in [-0.4, -0.2) is 17.0 Å². The van der Waals surface area contributed by atoms with E-state index in [-0.39, 0.29) is 5.43 Å². The number of carboxylic acids is 1. The Bertz CT molecular complexity index is 1250. The number of nitrogens with one attached hydrogen (secondary N) is 1. The van der Waals surface area contributed by atoms with Gasteiger partial charge in [-0.15, -0.1) is 0 Å². The van der Waals surface area contributed by atoms with Crippen LogP contribution in [0.5, 0.6) is 0 Å². The van der Waals surface area contributed by atoms with Crippen molar-refractivity contribution in [3.05, 3.63) is 81.8 Å². The second kappa shape index (κ2) is 5.82. The molecule has 5 rings (SSSR count). The Morgan fingerprint density at radius 3 is 2.67 bits per heavy atom. The molecule has 3 heterocycles. The third kappa shape index (κ3) is 2.38. The molecule has 1 aliphatic rings. The van der Waals surface area contributed by atoms with E-state index >= 15 is 0 Å². The molecule has 0 fully saturated rings. The fraction of sp³-hybridized carbons (Fsp3) is 0.143. The van der Waals surface area contributed by atoms with Crippen molar-refractivity contribution in [3.8, 4) is 0 Å². The Kier molecular flexibility index (Phi) is 3.42. The Balaban J connectivity index is 1.76. The highest BCUT2D eigenvalue weighted by Gasteiger charge is 2.36. The first kappa shape index (κ1) is 15.8. The first-order valence-electron chi connectivity index (χ1n) is 8.79. The summed E-state index contributed by atoms with van der Waals surface area (Å²) in [5.74, 6) is -1.14. The highest BCUT2D eigenvalue weighted by Crippen LogP contribution is 2.31. The number of benzene rings is 2. The van der Waals surface area contributed by atoms with Crippen LogP contribution < -0.4 is 15.9 Å². The van der Waals surface area contributed by atoms with Gasteiger partial charge in [-0.1, -0.05) is 30.3 Å². The largest absolute Gasteiger partial charge is 0.544 e. The van der Waals surface area contributed by atoms with Crippen LogP contribution in [0.15, 0.2) is 64.0 Å². The Labute approximate surface area is 153 Å². The predicted molar refractivity (Wildman–Crippen MR) is 97.1 cm³/mol. The molecule has 3 N–H and O–H groups in total. The molecule has 27 heavy (non-hydrogen) atoms. The second-order valence-corrected chi connectivity index (χ2v) is 6.88. The molecule has 1 aliphatic heterocycles. The fourth-order valence-electron chi connectivity index (χ4n) is 4.05. The molecular weight excluding hydrogens is 344 g/mol. The van der Waals surface area contributed by atoms with Gasteiger partial charge in [0.05, 0.1) is 22.6 Å². The lowest BCUT2D eigenvalue weighted by molar-refractivity contribution is -0.717. The summed E-state index contributed by atoms with van der Waals surface area (Å²) in [4.78, 5) is 28.1. The van der Waals surface area contributed by atoms with Crippen molar-refractivity contribution in [2.75, 3.05) is 0 Å². The van der Waals surface area contributed by atoms with Gasteiger partial charge in [0, 0.05) is 17.3 Å². The van der Waals surface area contributed by atoms with Gasteiger partial charge in [0.25, 0.3) is 0 Å². The Hall–Kier alpha value is -3.38. The minimum atomic E-state index is -1.14. The van der Waals surface area contributed by atoms with Crippen molar-refractivity contribution in [2.24, 2.45) is 0 Å².